The summed E-state index contributed by atoms with van der Waals surface area (Å²) < 4.78 is 31.7. The van der Waals surface area contributed by atoms with Gasteiger partial charge in [0.15, 0.2) is 5.96 Å². The maximum atomic E-state index is 12.6. The van der Waals surface area contributed by atoms with Crippen molar-refractivity contribution in [2.24, 2.45) is 12.0 Å². The van der Waals surface area contributed by atoms with Gasteiger partial charge in [-0.25, -0.2) is 4.99 Å². The van der Waals surface area contributed by atoms with Crippen LogP contribution in [0, 0.1) is 0 Å². The number of benzene rings is 1. The van der Waals surface area contributed by atoms with Gasteiger partial charge in [-0.05, 0) is 25.8 Å². The highest BCUT2D eigenvalue weighted by Gasteiger charge is 2.14. The van der Waals surface area contributed by atoms with Crippen molar-refractivity contribution < 1.29 is 13.5 Å². The lowest BCUT2D eigenvalue weighted by molar-refractivity contribution is -0.0504. The van der Waals surface area contributed by atoms with Gasteiger partial charge in [0, 0.05) is 37.0 Å². The molecule has 0 radical (unpaired) electrons. The molecule has 0 atom stereocenters. The number of ether oxygens (including phenoxy) is 1. The van der Waals surface area contributed by atoms with Crippen LogP contribution < -0.4 is 15.4 Å². The van der Waals surface area contributed by atoms with Crippen LogP contribution in [-0.4, -0.2) is 28.9 Å². The van der Waals surface area contributed by atoms with Crippen LogP contribution in [0.15, 0.2) is 29.3 Å². The number of alkyl halides is 2. The van der Waals surface area contributed by atoms with Crippen molar-refractivity contribution in [2.45, 2.75) is 53.3 Å². The molecule has 0 aliphatic carbocycles. The predicted octanol–water partition coefficient (Wildman–Crippen LogP) is 3.40. The van der Waals surface area contributed by atoms with E-state index in [-0.39, 0.29) is 12.3 Å². The Kier molecular flexibility index (Phi) is 8.22. The molecule has 1 aromatic carbocycles. The fraction of sp³-hybridized carbons (Fsp3) is 0.500. The first-order valence-electron chi connectivity index (χ1n) is 9.58. The van der Waals surface area contributed by atoms with Crippen LogP contribution >= 0.6 is 0 Å². The van der Waals surface area contributed by atoms with Crippen molar-refractivity contribution in [1.29, 1.82) is 0 Å². The zero-order valence-electron chi connectivity index (χ0n) is 16.9. The number of rotatable bonds is 9. The lowest BCUT2D eigenvalue weighted by Gasteiger charge is -2.13. The predicted molar refractivity (Wildman–Crippen MR) is 107 cm³/mol. The molecule has 0 aliphatic rings. The highest BCUT2D eigenvalue weighted by Crippen LogP contribution is 2.21. The van der Waals surface area contributed by atoms with Crippen molar-refractivity contribution in [1.82, 2.24) is 20.4 Å². The van der Waals surface area contributed by atoms with Crippen LogP contribution in [0.5, 0.6) is 5.75 Å². The van der Waals surface area contributed by atoms with Gasteiger partial charge in [0.2, 0.25) is 0 Å². The van der Waals surface area contributed by atoms with E-state index in [9.17, 15) is 8.78 Å². The molecule has 0 saturated heterocycles. The second-order valence-electron chi connectivity index (χ2n) is 6.24. The maximum absolute atomic E-state index is 12.6. The van der Waals surface area contributed by atoms with E-state index in [1.54, 1.807) is 18.2 Å². The van der Waals surface area contributed by atoms with Crippen LogP contribution in [0.2, 0.25) is 0 Å². The van der Waals surface area contributed by atoms with Crippen LogP contribution in [0.25, 0.3) is 0 Å². The molecule has 2 N–H and O–H groups in total. The van der Waals surface area contributed by atoms with Crippen LogP contribution in [-0.2, 0) is 33.0 Å². The van der Waals surface area contributed by atoms with E-state index in [4.69, 9.17) is 0 Å². The minimum absolute atomic E-state index is 0.144. The summed E-state index contributed by atoms with van der Waals surface area (Å²) in [7, 11) is 1.96. The first-order valence-corrected chi connectivity index (χ1v) is 9.58. The van der Waals surface area contributed by atoms with Crippen molar-refractivity contribution in [3.63, 3.8) is 0 Å². The molecule has 8 heteroatoms. The number of para-hydroxylation sites is 1. The molecule has 0 saturated carbocycles. The highest BCUT2D eigenvalue weighted by atomic mass is 19.3. The normalized spacial score (nSPS) is 11.8. The molecule has 2 rings (SSSR count). The van der Waals surface area contributed by atoms with Gasteiger partial charge in [0.25, 0.3) is 0 Å². The fourth-order valence-electron chi connectivity index (χ4n) is 3.12. The molecule has 1 aromatic heterocycles. The number of aliphatic imine (C=N–C) groups is 1. The van der Waals surface area contributed by atoms with Gasteiger partial charge < -0.3 is 15.4 Å². The molecule has 0 amide bonds. The van der Waals surface area contributed by atoms with E-state index >= 15 is 0 Å². The second kappa shape index (κ2) is 10.6. The summed E-state index contributed by atoms with van der Waals surface area (Å²) in [5.41, 5.74) is 4.04. The summed E-state index contributed by atoms with van der Waals surface area (Å²) in [4.78, 5) is 4.53. The van der Waals surface area contributed by atoms with Gasteiger partial charge in [-0.15, -0.1) is 0 Å². The lowest BCUT2D eigenvalue weighted by atomic mass is 10.1. The Labute approximate surface area is 165 Å². The average molecular weight is 393 g/mol. The van der Waals surface area contributed by atoms with E-state index in [0.29, 0.717) is 24.6 Å². The third-order valence-electron chi connectivity index (χ3n) is 4.40. The molecule has 0 fully saturated rings. The number of guanidine groups is 1. The highest BCUT2D eigenvalue weighted by molar-refractivity contribution is 5.79. The molecule has 2 aromatic rings. The Hall–Kier alpha value is -2.64. The van der Waals surface area contributed by atoms with E-state index in [0.717, 1.165) is 18.5 Å². The number of hydrogen-bond acceptors (Lipinski definition) is 3. The second-order valence-corrected chi connectivity index (χ2v) is 6.24. The summed E-state index contributed by atoms with van der Waals surface area (Å²) in [5, 5.41) is 11.1. The molecule has 0 unspecified atom stereocenters. The van der Waals surface area contributed by atoms with Crippen LogP contribution in [0.3, 0.4) is 0 Å². The number of aromatic nitrogens is 2. The number of hydrogen-bond donors (Lipinski definition) is 2. The number of nitrogens with zero attached hydrogens (tertiary/aromatic N) is 3. The molecule has 0 aliphatic heterocycles. The fourth-order valence-corrected chi connectivity index (χ4v) is 3.12. The lowest BCUT2D eigenvalue weighted by Crippen LogP contribution is -2.37. The summed E-state index contributed by atoms with van der Waals surface area (Å²) in [6.07, 6.45) is 1.75. The first kappa shape index (κ1) is 21.7. The SMILES string of the molecule is CCNC(=NCc1ccccc1OC(F)F)NCc1c(CC)nn(C)c1CC. The molecule has 0 spiro atoms. The van der Waals surface area contributed by atoms with Crippen molar-refractivity contribution >= 4 is 5.96 Å². The Morgan fingerprint density at radius 3 is 2.57 bits per heavy atom. The minimum Gasteiger partial charge on any atom is -0.434 e. The minimum atomic E-state index is -2.86. The smallest absolute Gasteiger partial charge is 0.387 e. The summed E-state index contributed by atoms with van der Waals surface area (Å²) in [5.74, 6) is 0.758. The monoisotopic (exact) mass is 393 g/mol. The third kappa shape index (κ3) is 5.68. The van der Waals surface area contributed by atoms with Gasteiger partial charge in [-0.2, -0.15) is 13.9 Å². The van der Waals surface area contributed by atoms with Gasteiger partial charge in [0.1, 0.15) is 5.75 Å². The van der Waals surface area contributed by atoms with Crippen molar-refractivity contribution in [2.75, 3.05) is 6.54 Å². The molecular weight excluding hydrogens is 364 g/mol. The number of aryl methyl sites for hydroxylation is 2. The van der Waals surface area contributed by atoms with E-state index in [1.165, 1.54) is 17.3 Å². The van der Waals surface area contributed by atoms with Gasteiger partial charge in [0.05, 0.1) is 12.2 Å². The van der Waals surface area contributed by atoms with Crippen molar-refractivity contribution in [3.05, 3.63) is 46.8 Å². The van der Waals surface area contributed by atoms with Gasteiger partial charge in [-0.3, -0.25) is 4.68 Å². The van der Waals surface area contributed by atoms with E-state index in [1.807, 2.05) is 18.7 Å². The first-order chi connectivity index (χ1) is 13.5. The van der Waals surface area contributed by atoms with Crippen LogP contribution in [0.4, 0.5) is 8.78 Å². The summed E-state index contributed by atoms with van der Waals surface area (Å²) in [6.45, 7) is 4.83. The van der Waals surface area contributed by atoms with E-state index < -0.39 is 6.61 Å². The topological polar surface area (TPSA) is 63.5 Å². The molecule has 0 bridgehead atoms. The van der Waals surface area contributed by atoms with E-state index in [2.05, 4.69) is 39.3 Å². The summed E-state index contributed by atoms with van der Waals surface area (Å²) >= 11 is 0. The standard InChI is InChI=1S/C20H29F2N5O/c1-5-16-15(17(6-2)27(4)26-16)13-25-20(23-7-3)24-12-14-10-8-9-11-18(14)28-19(21)22/h8-11,19H,5-7,12-13H2,1-4H3,(H2,23,24,25). The number of nitrogens with one attached hydrogen (secondary N) is 2. The average Bonchev–Trinajstić information content (AvgIpc) is 2.99. The zero-order valence-corrected chi connectivity index (χ0v) is 16.9. The Balaban J connectivity index is 2.14. The molecule has 1 heterocycles. The van der Waals surface area contributed by atoms with Crippen LogP contribution in [0.1, 0.15) is 43.3 Å². The molecule has 154 valence electrons. The zero-order chi connectivity index (χ0) is 20.5. The largest absolute Gasteiger partial charge is 0.434 e. The Morgan fingerprint density at radius 2 is 1.93 bits per heavy atom. The maximum Gasteiger partial charge on any atom is 0.387 e. The molecular formula is C20H29F2N5O. The van der Waals surface area contributed by atoms with Gasteiger partial charge >= 0.3 is 6.61 Å². The van der Waals surface area contributed by atoms with Gasteiger partial charge in [-0.1, -0.05) is 32.0 Å². The molecule has 28 heavy (non-hydrogen) atoms. The summed E-state index contributed by atoms with van der Waals surface area (Å²) in [6, 6.07) is 6.69. The Morgan fingerprint density at radius 1 is 1.18 bits per heavy atom. The quantitative estimate of drug-likeness (QED) is 0.506. The van der Waals surface area contributed by atoms with Crippen molar-refractivity contribution in [3.8, 4) is 5.75 Å². The Bertz CT molecular complexity index is 789. The third-order valence-corrected chi connectivity index (χ3v) is 4.40. The molecule has 6 nitrogen and oxygen atoms in total. The number of halogens is 2.